The van der Waals surface area contributed by atoms with Gasteiger partial charge in [0.1, 0.15) is 5.78 Å². The zero-order valence-electron chi connectivity index (χ0n) is 10.6. The smallest absolute Gasteiger partial charge is 0.306 e. The van der Waals surface area contributed by atoms with Crippen molar-refractivity contribution in [2.45, 2.75) is 24.7 Å². The van der Waals surface area contributed by atoms with Gasteiger partial charge in [-0.15, -0.1) is 0 Å². The van der Waals surface area contributed by atoms with E-state index in [2.05, 4.69) is 15.9 Å². The Hall–Kier alpha value is -1.01. The van der Waals surface area contributed by atoms with Crippen LogP contribution in [0.4, 0.5) is 0 Å². The van der Waals surface area contributed by atoms with E-state index < -0.39 is 16.8 Å². The van der Waals surface area contributed by atoms with Crippen molar-refractivity contribution in [2.24, 2.45) is 0 Å². The fraction of sp³-hybridized carbons (Fsp3) is 0.385. The second-order valence-electron chi connectivity index (χ2n) is 3.79. The summed E-state index contributed by atoms with van der Waals surface area (Å²) in [4.78, 5) is 23.3. The van der Waals surface area contributed by atoms with Gasteiger partial charge in [0.25, 0.3) is 0 Å². The molecule has 0 spiro atoms. The van der Waals surface area contributed by atoms with Crippen LogP contribution in [0.5, 0.6) is 0 Å². The van der Waals surface area contributed by atoms with Crippen molar-refractivity contribution < 1.29 is 18.5 Å². The molecule has 1 aromatic carbocycles. The first-order valence-corrected chi connectivity index (χ1v) is 7.95. The third kappa shape index (κ3) is 6.11. The number of hydrogen-bond donors (Lipinski definition) is 0. The Morgan fingerprint density at radius 2 is 2.05 bits per heavy atom. The lowest BCUT2D eigenvalue weighted by Crippen LogP contribution is -2.13. The summed E-state index contributed by atoms with van der Waals surface area (Å²) in [6.07, 6.45) is 0.112. The molecule has 1 aromatic rings. The number of ether oxygens (including phenoxy) is 1. The standard InChI is InChI=1S/C13H15BrO4S/c1-2-18-13(16)7-6-11(15)9-19(17)12-5-3-4-10(14)8-12/h3-5,8H,2,6-7,9H2,1H3. The topological polar surface area (TPSA) is 60.4 Å². The Bertz CT molecular complexity index is 487. The van der Waals surface area contributed by atoms with Crippen molar-refractivity contribution in [1.82, 2.24) is 0 Å². The van der Waals surface area contributed by atoms with E-state index in [1.54, 1.807) is 25.1 Å². The average molecular weight is 347 g/mol. The number of Topliss-reactive ketones (excluding diaryl/α,β-unsaturated/α-hetero) is 1. The summed E-state index contributed by atoms with van der Waals surface area (Å²) in [6, 6.07) is 7.01. The van der Waals surface area contributed by atoms with Gasteiger partial charge in [0.05, 0.1) is 29.6 Å². The van der Waals surface area contributed by atoms with Gasteiger partial charge in [-0.2, -0.15) is 0 Å². The van der Waals surface area contributed by atoms with Crippen LogP contribution in [0.1, 0.15) is 19.8 Å². The summed E-state index contributed by atoms with van der Waals surface area (Å²) in [6.45, 7) is 2.01. The third-order valence-electron chi connectivity index (χ3n) is 2.26. The van der Waals surface area contributed by atoms with Gasteiger partial charge in [-0.05, 0) is 25.1 Å². The number of benzene rings is 1. The van der Waals surface area contributed by atoms with E-state index in [1.807, 2.05) is 6.07 Å². The number of rotatable bonds is 7. The molecular weight excluding hydrogens is 332 g/mol. The zero-order valence-corrected chi connectivity index (χ0v) is 13.0. The van der Waals surface area contributed by atoms with Crippen LogP contribution in [0.15, 0.2) is 33.6 Å². The van der Waals surface area contributed by atoms with E-state index in [0.29, 0.717) is 11.5 Å². The minimum absolute atomic E-state index is 0.0440. The Labute approximate surface area is 123 Å². The lowest BCUT2D eigenvalue weighted by atomic mass is 10.2. The SMILES string of the molecule is CCOC(=O)CCC(=O)CS(=O)c1cccc(Br)c1. The van der Waals surface area contributed by atoms with Crippen LogP contribution < -0.4 is 0 Å². The van der Waals surface area contributed by atoms with E-state index >= 15 is 0 Å². The maximum absolute atomic E-state index is 11.9. The van der Waals surface area contributed by atoms with E-state index in [0.717, 1.165) is 4.47 Å². The molecule has 1 unspecified atom stereocenters. The molecule has 0 heterocycles. The quantitative estimate of drug-likeness (QED) is 0.711. The number of esters is 1. The summed E-state index contributed by atoms with van der Waals surface area (Å²) in [5.41, 5.74) is 0. The maximum atomic E-state index is 11.9. The van der Waals surface area contributed by atoms with Gasteiger partial charge in [-0.3, -0.25) is 13.8 Å². The Morgan fingerprint density at radius 3 is 2.68 bits per heavy atom. The lowest BCUT2D eigenvalue weighted by molar-refractivity contribution is -0.144. The predicted molar refractivity (Wildman–Crippen MR) is 76.3 cm³/mol. The molecule has 0 N–H and O–H groups in total. The van der Waals surface area contributed by atoms with Gasteiger partial charge in [0.2, 0.25) is 0 Å². The van der Waals surface area contributed by atoms with E-state index in [4.69, 9.17) is 4.74 Å². The van der Waals surface area contributed by atoms with Gasteiger partial charge < -0.3 is 4.74 Å². The highest BCUT2D eigenvalue weighted by Gasteiger charge is 2.12. The minimum atomic E-state index is -1.37. The molecule has 1 atom stereocenters. The normalized spacial score (nSPS) is 11.9. The molecule has 0 aliphatic heterocycles. The molecule has 104 valence electrons. The number of carbonyl (C=O) groups is 2. The van der Waals surface area contributed by atoms with E-state index in [-0.39, 0.29) is 24.4 Å². The highest BCUT2D eigenvalue weighted by molar-refractivity contribution is 9.10. The molecule has 19 heavy (non-hydrogen) atoms. The van der Waals surface area contributed by atoms with Crippen molar-refractivity contribution in [3.8, 4) is 0 Å². The Kier molecular flexibility index (Phi) is 6.94. The van der Waals surface area contributed by atoms with E-state index in [9.17, 15) is 13.8 Å². The van der Waals surface area contributed by atoms with Crippen LogP contribution in [0.3, 0.4) is 0 Å². The molecule has 0 bridgehead atoms. The summed E-state index contributed by atoms with van der Waals surface area (Å²) in [5, 5.41) is 0. The van der Waals surface area contributed by atoms with E-state index in [1.165, 1.54) is 0 Å². The van der Waals surface area contributed by atoms with Crippen molar-refractivity contribution in [1.29, 1.82) is 0 Å². The highest BCUT2D eigenvalue weighted by atomic mass is 79.9. The summed E-state index contributed by atoms with van der Waals surface area (Å²) in [5.74, 6) is -0.675. The molecule has 0 saturated heterocycles. The monoisotopic (exact) mass is 346 g/mol. The first-order chi connectivity index (χ1) is 9.02. The van der Waals surface area contributed by atoms with Crippen LogP contribution in [0, 0.1) is 0 Å². The fourth-order valence-electron chi connectivity index (χ4n) is 1.38. The molecule has 0 saturated carbocycles. The van der Waals surface area contributed by atoms with Crippen molar-refractivity contribution >= 4 is 38.5 Å². The van der Waals surface area contributed by atoms with Crippen LogP contribution in [-0.2, 0) is 25.1 Å². The number of halogens is 1. The predicted octanol–water partition coefficient (Wildman–Crippen LogP) is 2.47. The molecule has 0 fully saturated rings. The number of hydrogen-bond acceptors (Lipinski definition) is 4. The largest absolute Gasteiger partial charge is 0.466 e. The van der Waals surface area contributed by atoms with Crippen molar-refractivity contribution in [3.05, 3.63) is 28.7 Å². The van der Waals surface area contributed by atoms with Gasteiger partial charge in [-0.25, -0.2) is 0 Å². The second kappa shape index (κ2) is 8.22. The third-order valence-corrected chi connectivity index (χ3v) is 4.12. The van der Waals surface area contributed by atoms with Crippen LogP contribution in [-0.4, -0.2) is 28.3 Å². The Morgan fingerprint density at radius 1 is 1.32 bits per heavy atom. The first kappa shape index (κ1) is 16.0. The summed E-state index contributed by atoms with van der Waals surface area (Å²) >= 11 is 3.28. The van der Waals surface area contributed by atoms with Gasteiger partial charge in [0, 0.05) is 15.8 Å². The molecule has 4 nitrogen and oxygen atoms in total. The average Bonchev–Trinajstić information content (AvgIpc) is 2.36. The molecule has 0 aromatic heterocycles. The van der Waals surface area contributed by atoms with Crippen LogP contribution in [0.25, 0.3) is 0 Å². The number of carbonyl (C=O) groups excluding carboxylic acids is 2. The van der Waals surface area contributed by atoms with Crippen LogP contribution in [0.2, 0.25) is 0 Å². The van der Waals surface area contributed by atoms with Crippen LogP contribution >= 0.6 is 15.9 Å². The molecule has 0 radical (unpaired) electrons. The number of ketones is 1. The van der Waals surface area contributed by atoms with Gasteiger partial charge in [0.15, 0.2) is 0 Å². The Balaban J connectivity index is 2.44. The summed E-state index contributed by atoms with van der Waals surface area (Å²) < 4.78 is 17.5. The molecule has 1 rings (SSSR count). The van der Waals surface area contributed by atoms with Gasteiger partial charge in [-0.1, -0.05) is 22.0 Å². The molecular formula is C13H15BrO4S. The van der Waals surface area contributed by atoms with Crippen molar-refractivity contribution in [2.75, 3.05) is 12.4 Å². The summed E-state index contributed by atoms with van der Waals surface area (Å²) in [7, 11) is -1.37. The second-order valence-corrected chi connectivity index (χ2v) is 6.16. The molecule has 0 amide bonds. The molecule has 0 aliphatic carbocycles. The first-order valence-electron chi connectivity index (χ1n) is 5.84. The molecule has 6 heteroatoms. The maximum Gasteiger partial charge on any atom is 0.306 e. The van der Waals surface area contributed by atoms with Crippen molar-refractivity contribution in [3.63, 3.8) is 0 Å². The lowest BCUT2D eigenvalue weighted by Gasteiger charge is -2.03. The van der Waals surface area contributed by atoms with Gasteiger partial charge >= 0.3 is 5.97 Å². The molecule has 0 aliphatic rings. The zero-order chi connectivity index (χ0) is 14.3. The minimum Gasteiger partial charge on any atom is -0.466 e. The fourth-order valence-corrected chi connectivity index (χ4v) is 3.03. The highest BCUT2D eigenvalue weighted by Crippen LogP contribution is 2.15.